The van der Waals surface area contributed by atoms with Crippen molar-refractivity contribution in [3.8, 4) is 0 Å². The standard InChI is InChI=1S/C16H22N2OS2/c1-11-12(2)21-9-8-18(11)16(19)14(15(17)20)10-13-6-4-3-5-7-13/h3-7,11-12,14H,8-10H2,1-2H3,(H2,17,20). The molecule has 1 aliphatic heterocycles. The van der Waals surface area contributed by atoms with Gasteiger partial charge in [0.1, 0.15) is 0 Å². The summed E-state index contributed by atoms with van der Waals surface area (Å²) in [5.74, 6) is 0.651. The molecule has 1 fully saturated rings. The van der Waals surface area contributed by atoms with Crippen molar-refractivity contribution >= 4 is 34.9 Å². The highest BCUT2D eigenvalue weighted by Crippen LogP contribution is 2.26. The fraction of sp³-hybridized carbons (Fsp3) is 0.500. The predicted molar refractivity (Wildman–Crippen MR) is 93.5 cm³/mol. The van der Waals surface area contributed by atoms with E-state index in [4.69, 9.17) is 18.0 Å². The van der Waals surface area contributed by atoms with Crippen LogP contribution in [0.4, 0.5) is 0 Å². The Hall–Kier alpha value is -1.07. The predicted octanol–water partition coefficient (Wildman–Crippen LogP) is 2.48. The zero-order valence-corrected chi connectivity index (χ0v) is 14.1. The molecule has 21 heavy (non-hydrogen) atoms. The Kier molecular flexibility index (Phi) is 5.65. The van der Waals surface area contributed by atoms with Crippen LogP contribution in [0.1, 0.15) is 19.4 Å². The molecule has 0 bridgehead atoms. The third-order valence-corrected chi connectivity index (χ3v) is 5.71. The van der Waals surface area contributed by atoms with Crippen molar-refractivity contribution in [2.75, 3.05) is 12.3 Å². The first-order chi connectivity index (χ1) is 10.0. The zero-order valence-electron chi connectivity index (χ0n) is 12.5. The summed E-state index contributed by atoms with van der Waals surface area (Å²) >= 11 is 7.07. The minimum atomic E-state index is -0.403. The van der Waals surface area contributed by atoms with Gasteiger partial charge in [0, 0.05) is 23.6 Å². The maximum atomic E-state index is 12.8. The summed E-state index contributed by atoms with van der Waals surface area (Å²) in [6.45, 7) is 5.05. The van der Waals surface area contributed by atoms with Crippen LogP contribution < -0.4 is 5.73 Å². The Morgan fingerprint density at radius 3 is 2.71 bits per heavy atom. The lowest BCUT2D eigenvalue weighted by atomic mass is 9.97. The van der Waals surface area contributed by atoms with Crippen LogP contribution in [0.5, 0.6) is 0 Å². The average molecular weight is 322 g/mol. The van der Waals surface area contributed by atoms with E-state index in [0.29, 0.717) is 16.7 Å². The molecule has 0 aliphatic carbocycles. The number of nitrogens with two attached hydrogens (primary N) is 1. The summed E-state index contributed by atoms with van der Waals surface area (Å²) in [6, 6.07) is 10.2. The van der Waals surface area contributed by atoms with E-state index in [1.54, 1.807) is 0 Å². The van der Waals surface area contributed by atoms with Gasteiger partial charge in [-0.1, -0.05) is 49.5 Å². The second-order valence-electron chi connectivity index (χ2n) is 5.49. The second-order valence-corrected chi connectivity index (χ2v) is 7.45. The molecule has 0 spiro atoms. The molecule has 0 radical (unpaired) electrons. The number of nitrogens with zero attached hydrogens (tertiary/aromatic N) is 1. The van der Waals surface area contributed by atoms with Crippen LogP contribution in [0.15, 0.2) is 30.3 Å². The fourth-order valence-corrected chi connectivity index (χ4v) is 3.89. The molecule has 1 heterocycles. The van der Waals surface area contributed by atoms with Gasteiger partial charge < -0.3 is 10.6 Å². The van der Waals surface area contributed by atoms with E-state index in [9.17, 15) is 4.79 Å². The zero-order chi connectivity index (χ0) is 15.4. The van der Waals surface area contributed by atoms with Crippen molar-refractivity contribution in [3.63, 3.8) is 0 Å². The molecule has 1 saturated heterocycles. The van der Waals surface area contributed by atoms with Crippen LogP contribution in [-0.2, 0) is 11.2 Å². The Morgan fingerprint density at radius 2 is 2.10 bits per heavy atom. The summed E-state index contributed by atoms with van der Waals surface area (Å²) in [7, 11) is 0. The molecule has 1 aromatic rings. The lowest BCUT2D eigenvalue weighted by Gasteiger charge is -2.39. The minimum absolute atomic E-state index is 0.0750. The SMILES string of the molecule is CC1SCCN(C(=O)C(Cc2ccccc2)C(N)=S)C1C. The van der Waals surface area contributed by atoms with E-state index in [1.165, 1.54) is 0 Å². The van der Waals surface area contributed by atoms with Crippen molar-refractivity contribution in [1.29, 1.82) is 0 Å². The summed E-state index contributed by atoms with van der Waals surface area (Å²) in [6.07, 6.45) is 0.583. The number of carbonyl (C=O) groups excluding carboxylic acids is 1. The van der Waals surface area contributed by atoms with Crippen LogP contribution >= 0.6 is 24.0 Å². The molecule has 114 valence electrons. The fourth-order valence-electron chi connectivity index (χ4n) is 2.60. The number of thiocarbonyl (C=S) groups is 1. The molecule has 5 heteroatoms. The highest BCUT2D eigenvalue weighted by molar-refractivity contribution is 8.00. The van der Waals surface area contributed by atoms with Crippen LogP contribution in [0.25, 0.3) is 0 Å². The number of thioether (sulfide) groups is 1. The smallest absolute Gasteiger partial charge is 0.233 e. The normalized spacial score (nSPS) is 23.6. The van der Waals surface area contributed by atoms with Gasteiger partial charge in [0.15, 0.2) is 0 Å². The molecule has 3 unspecified atom stereocenters. The van der Waals surface area contributed by atoms with Crippen LogP contribution in [0, 0.1) is 5.92 Å². The first kappa shape index (κ1) is 16.3. The van der Waals surface area contributed by atoms with Crippen molar-refractivity contribution in [3.05, 3.63) is 35.9 Å². The van der Waals surface area contributed by atoms with Crippen LogP contribution in [0.2, 0.25) is 0 Å². The number of hydrogen-bond acceptors (Lipinski definition) is 3. The topological polar surface area (TPSA) is 46.3 Å². The maximum Gasteiger partial charge on any atom is 0.233 e. The summed E-state index contributed by atoms with van der Waals surface area (Å²) < 4.78 is 0. The van der Waals surface area contributed by atoms with Gasteiger partial charge in [-0.15, -0.1) is 0 Å². The van der Waals surface area contributed by atoms with E-state index in [0.717, 1.165) is 17.9 Å². The van der Waals surface area contributed by atoms with E-state index >= 15 is 0 Å². The molecule has 1 aliphatic rings. The first-order valence-corrected chi connectivity index (χ1v) is 8.71. The molecule has 3 nitrogen and oxygen atoms in total. The summed E-state index contributed by atoms with van der Waals surface area (Å²) in [5.41, 5.74) is 6.94. The molecule has 0 saturated carbocycles. The Bertz CT molecular complexity index is 506. The van der Waals surface area contributed by atoms with Gasteiger partial charge in [-0.2, -0.15) is 11.8 Å². The van der Waals surface area contributed by atoms with Crippen molar-refractivity contribution < 1.29 is 4.79 Å². The molecule has 1 aromatic carbocycles. The summed E-state index contributed by atoms with van der Waals surface area (Å²) in [4.78, 5) is 15.1. The van der Waals surface area contributed by atoms with E-state index in [-0.39, 0.29) is 11.9 Å². The van der Waals surface area contributed by atoms with Gasteiger partial charge in [0.05, 0.1) is 10.9 Å². The number of amides is 1. The number of rotatable bonds is 4. The molecule has 2 N–H and O–H groups in total. The Morgan fingerprint density at radius 1 is 1.43 bits per heavy atom. The third kappa shape index (κ3) is 3.98. The molecular weight excluding hydrogens is 300 g/mol. The lowest BCUT2D eigenvalue weighted by Crippen LogP contribution is -2.52. The highest BCUT2D eigenvalue weighted by Gasteiger charge is 2.34. The molecule has 3 atom stereocenters. The monoisotopic (exact) mass is 322 g/mol. The maximum absolute atomic E-state index is 12.8. The van der Waals surface area contributed by atoms with Gasteiger partial charge in [-0.05, 0) is 18.9 Å². The van der Waals surface area contributed by atoms with Gasteiger partial charge in [0.25, 0.3) is 0 Å². The minimum Gasteiger partial charge on any atom is -0.393 e. The van der Waals surface area contributed by atoms with Crippen LogP contribution in [-0.4, -0.2) is 39.4 Å². The quantitative estimate of drug-likeness (QED) is 0.865. The number of hydrogen-bond donors (Lipinski definition) is 1. The van der Waals surface area contributed by atoms with Crippen molar-refractivity contribution in [2.45, 2.75) is 31.6 Å². The second kappa shape index (κ2) is 7.27. The molecule has 0 aromatic heterocycles. The van der Waals surface area contributed by atoms with E-state index in [1.807, 2.05) is 47.0 Å². The Balaban J connectivity index is 2.14. The van der Waals surface area contributed by atoms with E-state index in [2.05, 4.69) is 13.8 Å². The highest BCUT2D eigenvalue weighted by atomic mass is 32.2. The lowest BCUT2D eigenvalue weighted by molar-refractivity contribution is -0.135. The molecule has 1 amide bonds. The van der Waals surface area contributed by atoms with Crippen LogP contribution in [0.3, 0.4) is 0 Å². The average Bonchev–Trinajstić information content (AvgIpc) is 2.48. The van der Waals surface area contributed by atoms with Gasteiger partial charge >= 0.3 is 0 Å². The van der Waals surface area contributed by atoms with Crippen molar-refractivity contribution in [2.24, 2.45) is 11.7 Å². The van der Waals surface area contributed by atoms with Gasteiger partial charge in [0.2, 0.25) is 5.91 Å². The Labute approximate surface area is 136 Å². The largest absolute Gasteiger partial charge is 0.393 e. The van der Waals surface area contributed by atoms with E-state index < -0.39 is 5.92 Å². The number of benzene rings is 1. The first-order valence-electron chi connectivity index (χ1n) is 7.26. The van der Waals surface area contributed by atoms with Gasteiger partial charge in [-0.25, -0.2) is 0 Å². The third-order valence-electron chi connectivity index (χ3n) is 4.09. The number of carbonyl (C=O) groups is 1. The van der Waals surface area contributed by atoms with Crippen molar-refractivity contribution in [1.82, 2.24) is 4.90 Å². The molecular formula is C16H22N2OS2. The molecule has 2 rings (SSSR count). The van der Waals surface area contributed by atoms with Gasteiger partial charge in [-0.3, -0.25) is 4.79 Å². The summed E-state index contributed by atoms with van der Waals surface area (Å²) in [5, 5.41) is 0.450.